The molecule has 0 saturated heterocycles. The van der Waals surface area contributed by atoms with Crippen molar-refractivity contribution in [3.63, 3.8) is 0 Å². The van der Waals surface area contributed by atoms with E-state index < -0.39 is 0 Å². The summed E-state index contributed by atoms with van der Waals surface area (Å²) < 4.78 is 6.84. The van der Waals surface area contributed by atoms with Crippen LogP contribution in [0.5, 0.6) is 5.75 Å². The van der Waals surface area contributed by atoms with E-state index in [0.29, 0.717) is 5.69 Å². The molecular weight excluding hydrogens is 418 g/mol. The van der Waals surface area contributed by atoms with Crippen molar-refractivity contribution >= 4 is 31.1 Å². The third-order valence-corrected chi connectivity index (χ3v) is 4.34. The monoisotopic (exact) mass is 445 g/mol. The third-order valence-electron chi connectivity index (χ3n) is 3.91. The van der Waals surface area contributed by atoms with Crippen LogP contribution in [-0.2, 0) is 9.59 Å². The molecular formula is C23H28ClN3O4. The lowest BCUT2D eigenvalue weighted by atomic mass is 10.1. The quantitative estimate of drug-likeness (QED) is 0.654. The number of carbonyl (C=O) groups excluding carboxylic acids is 3. The minimum absolute atomic E-state index is 0.173. The van der Waals surface area contributed by atoms with Crippen LogP contribution < -0.4 is 10.1 Å². The molecule has 8 heteroatoms. The SMILES string of the molecule is C=O.C=O.CNC(=O)c1cn(-c2cc(C)cc(C)c2)cn1.COc1ccc(Cl)c(C)c1. The van der Waals surface area contributed by atoms with E-state index in [4.69, 9.17) is 25.9 Å². The van der Waals surface area contributed by atoms with E-state index in [1.165, 1.54) is 11.1 Å². The van der Waals surface area contributed by atoms with Crippen molar-refractivity contribution in [2.45, 2.75) is 20.8 Å². The maximum Gasteiger partial charge on any atom is 0.271 e. The van der Waals surface area contributed by atoms with Crippen LogP contribution in [0, 0.1) is 20.8 Å². The van der Waals surface area contributed by atoms with Crippen LogP contribution in [-0.4, -0.2) is 43.2 Å². The fourth-order valence-electron chi connectivity index (χ4n) is 2.55. The first kappa shape index (κ1) is 27.5. The molecule has 1 heterocycles. The Kier molecular flexibility index (Phi) is 12.9. The average Bonchev–Trinajstić information content (AvgIpc) is 3.28. The fraction of sp³-hybridized carbons (Fsp3) is 0.217. The van der Waals surface area contributed by atoms with Gasteiger partial charge in [-0.3, -0.25) is 4.79 Å². The molecule has 0 atom stereocenters. The second-order valence-electron chi connectivity index (χ2n) is 6.21. The number of methoxy groups -OCH3 is 1. The summed E-state index contributed by atoms with van der Waals surface area (Å²) in [5, 5.41) is 3.33. The molecule has 1 aromatic heterocycles. The predicted octanol–water partition coefficient (Wildman–Crippen LogP) is 4.14. The van der Waals surface area contributed by atoms with Crippen molar-refractivity contribution in [1.82, 2.24) is 14.9 Å². The highest BCUT2D eigenvalue weighted by Gasteiger charge is 2.08. The number of rotatable bonds is 3. The van der Waals surface area contributed by atoms with E-state index in [9.17, 15) is 4.79 Å². The van der Waals surface area contributed by atoms with Gasteiger partial charge in [-0.1, -0.05) is 17.7 Å². The molecule has 1 amide bonds. The van der Waals surface area contributed by atoms with Crippen LogP contribution in [0.1, 0.15) is 27.2 Å². The highest BCUT2D eigenvalue weighted by molar-refractivity contribution is 6.31. The summed E-state index contributed by atoms with van der Waals surface area (Å²) in [7, 11) is 3.24. The zero-order valence-corrected chi connectivity index (χ0v) is 19.2. The number of ether oxygens (including phenoxy) is 1. The van der Waals surface area contributed by atoms with Gasteiger partial charge in [0, 0.05) is 24.0 Å². The Bertz CT molecular complexity index is 951. The molecule has 0 aliphatic carbocycles. The molecule has 0 aliphatic rings. The maximum atomic E-state index is 11.4. The summed E-state index contributed by atoms with van der Waals surface area (Å²) in [6.07, 6.45) is 3.38. The lowest BCUT2D eigenvalue weighted by Gasteiger charge is -2.05. The van der Waals surface area contributed by atoms with E-state index in [1.807, 2.05) is 57.1 Å². The van der Waals surface area contributed by atoms with Crippen molar-refractivity contribution in [2.24, 2.45) is 0 Å². The van der Waals surface area contributed by atoms with Crippen LogP contribution in [0.4, 0.5) is 0 Å². The highest BCUT2D eigenvalue weighted by Crippen LogP contribution is 2.20. The zero-order valence-electron chi connectivity index (χ0n) is 18.4. The van der Waals surface area contributed by atoms with E-state index >= 15 is 0 Å². The number of aromatic nitrogens is 2. The van der Waals surface area contributed by atoms with Gasteiger partial charge >= 0.3 is 0 Å². The van der Waals surface area contributed by atoms with Gasteiger partial charge in [0.1, 0.15) is 31.3 Å². The molecule has 0 radical (unpaired) electrons. The minimum atomic E-state index is -0.173. The molecule has 0 fully saturated rings. The van der Waals surface area contributed by atoms with Gasteiger partial charge in [0.2, 0.25) is 0 Å². The van der Waals surface area contributed by atoms with Crippen LogP contribution in [0.2, 0.25) is 5.02 Å². The summed E-state index contributed by atoms with van der Waals surface area (Å²) in [6.45, 7) is 10.0. The number of aryl methyl sites for hydroxylation is 3. The molecule has 3 aromatic rings. The normalized spacial score (nSPS) is 8.97. The van der Waals surface area contributed by atoms with E-state index in [-0.39, 0.29) is 5.91 Å². The number of hydrogen-bond acceptors (Lipinski definition) is 5. The minimum Gasteiger partial charge on any atom is -0.497 e. The van der Waals surface area contributed by atoms with E-state index in [0.717, 1.165) is 22.0 Å². The molecule has 7 nitrogen and oxygen atoms in total. The summed E-state index contributed by atoms with van der Waals surface area (Å²) in [5.74, 6) is 0.676. The highest BCUT2D eigenvalue weighted by atomic mass is 35.5. The molecule has 166 valence electrons. The number of nitrogens with zero attached hydrogens (tertiary/aromatic N) is 2. The van der Waals surface area contributed by atoms with Crippen LogP contribution in [0.25, 0.3) is 5.69 Å². The maximum absolute atomic E-state index is 11.4. The van der Waals surface area contributed by atoms with Gasteiger partial charge in [-0.2, -0.15) is 0 Å². The Balaban J connectivity index is 0.000000549. The van der Waals surface area contributed by atoms with Gasteiger partial charge in [0.15, 0.2) is 0 Å². The standard InChI is InChI=1S/C13H15N3O.C8H9ClO.2CH2O/c1-9-4-10(2)6-11(5-9)16-7-12(15-8-16)13(17)14-3;1-6-5-7(10-2)3-4-8(6)9;2*1-2/h4-8H,1-3H3,(H,14,17);3-5H,1-2H3;2*1H2. The molecule has 3 rings (SSSR count). The van der Waals surface area contributed by atoms with Crippen LogP contribution in [0.15, 0.2) is 48.9 Å². The van der Waals surface area contributed by atoms with Crippen LogP contribution >= 0.6 is 11.6 Å². The van der Waals surface area contributed by atoms with E-state index in [1.54, 1.807) is 26.7 Å². The number of hydrogen-bond donors (Lipinski definition) is 1. The van der Waals surface area contributed by atoms with Gasteiger partial charge in [0.25, 0.3) is 5.91 Å². The van der Waals surface area contributed by atoms with Gasteiger partial charge < -0.3 is 24.2 Å². The number of amides is 1. The molecule has 0 bridgehead atoms. The topological polar surface area (TPSA) is 90.3 Å². The summed E-state index contributed by atoms with van der Waals surface area (Å²) in [5.41, 5.74) is 4.86. The summed E-state index contributed by atoms with van der Waals surface area (Å²) in [4.78, 5) is 31.5. The summed E-state index contributed by atoms with van der Waals surface area (Å²) in [6, 6.07) is 11.8. The molecule has 0 saturated carbocycles. The largest absolute Gasteiger partial charge is 0.497 e. The van der Waals surface area contributed by atoms with Gasteiger partial charge in [-0.15, -0.1) is 0 Å². The number of halogens is 1. The van der Waals surface area contributed by atoms with E-state index in [2.05, 4.69) is 28.5 Å². The first-order valence-electron chi connectivity index (χ1n) is 9.06. The number of carbonyl (C=O) groups is 3. The Morgan fingerprint density at radius 3 is 2.10 bits per heavy atom. The average molecular weight is 446 g/mol. The van der Waals surface area contributed by atoms with Crippen LogP contribution in [0.3, 0.4) is 0 Å². The van der Waals surface area contributed by atoms with Gasteiger partial charge in [-0.05, 0) is 67.8 Å². The molecule has 0 aliphatic heterocycles. The first-order valence-corrected chi connectivity index (χ1v) is 9.44. The smallest absolute Gasteiger partial charge is 0.271 e. The zero-order chi connectivity index (χ0) is 24.0. The van der Waals surface area contributed by atoms with Gasteiger partial charge in [-0.25, -0.2) is 4.98 Å². The van der Waals surface area contributed by atoms with Crippen molar-refractivity contribution in [3.05, 3.63) is 76.3 Å². The summed E-state index contributed by atoms with van der Waals surface area (Å²) >= 11 is 5.78. The number of nitrogens with one attached hydrogen (secondary N) is 1. The predicted molar refractivity (Wildman–Crippen MR) is 123 cm³/mol. The third kappa shape index (κ3) is 8.84. The Morgan fingerprint density at radius 2 is 1.61 bits per heavy atom. The molecule has 31 heavy (non-hydrogen) atoms. The van der Waals surface area contributed by atoms with Crippen molar-refractivity contribution < 1.29 is 19.1 Å². The lowest BCUT2D eigenvalue weighted by Crippen LogP contribution is -2.17. The molecule has 1 N–H and O–H groups in total. The number of benzene rings is 2. The molecule has 0 unspecified atom stereocenters. The Morgan fingerprint density at radius 1 is 1.03 bits per heavy atom. The Hall–Kier alpha value is -3.45. The first-order chi connectivity index (χ1) is 14.8. The van der Waals surface area contributed by atoms with Gasteiger partial charge in [0.05, 0.1) is 7.11 Å². The molecule has 0 spiro atoms. The Labute approximate surface area is 188 Å². The van der Waals surface area contributed by atoms with Crippen molar-refractivity contribution in [1.29, 1.82) is 0 Å². The van der Waals surface area contributed by atoms with Crippen molar-refractivity contribution in [3.8, 4) is 11.4 Å². The van der Waals surface area contributed by atoms with Crippen molar-refractivity contribution in [2.75, 3.05) is 14.2 Å². The second kappa shape index (κ2) is 14.5. The molecule has 2 aromatic carbocycles. The second-order valence-corrected chi connectivity index (χ2v) is 6.61. The fourth-order valence-corrected chi connectivity index (χ4v) is 2.67. The number of imidazole rings is 1. The lowest BCUT2D eigenvalue weighted by molar-refractivity contribution is -0.0987.